The van der Waals surface area contributed by atoms with Crippen LogP contribution in [0.5, 0.6) is 0 Å². The maximum absolute atomic E-state index is 10.8. The van der Waals surface area contributed by atoms with E-state index in [4.69, 9.17) is 0 Å². The lowest BCUT2D eigenvalue weighted by Crippen LogP contribution is -2.46. The van der Waals surface area contributed by atoms with Crippen LogP contribution in [0.15, 0.2) is 12.2 Å². The van der Waals surface area contributed by atoms with E-state index in [1.165, 1.54) is 109 Å². The minimum atomic E-state index is -0.569. The third kappa shape index (κ3) is 20.7. The van der Waals surface area contributed by atoms with Gasteiger partial charge in [0.15, 0.2) is 0 Å². The second kappa shape index (κ2) is 26.2. The van der Waals surface area contributed by atoms with E-state index in [1.807, 2.05) is 6.08 Å². The average Bonchev–Trinajstić information content (AvgIpc) is 2.82. The molecule has 0 amide bonds. The Labute approximate surface area is 208 Å². The Kier molecular flexibility index (Phi) is 25.9. The van der Waals surface area contributed by atoms with Crippen molar-refractivity contribution in [2.45, 2.75) is 161 Å². The van der Waals surface area contributed by atoms with Crippen LogP contribution in [-0.4, -0.2) is 47.0 Å². The molecule has 0 bridgehead atoms. The van der Waals surface area contributed by atoms with Crippen LogP contribution >= 0.6 is 0 Å². The van der Waals surface area contributed by atoms with Gasteiger partial charge >= 0.3 is 0 Å². The van der Waals surface area contributed by atoms with Gasteiger partial charge in [-0.3, -0.25) is 4.90 Å². The van der Waals surface area contributed by atoms with Crippen molar-refractivity contribution in [2.75, 3.05) is 19.7 Å². The summed E-state index contributed by atoms with van der Waals surface area (Å²) < 4.78 is 0. The van der Waals surface area contributed by atoms with Crippen LogP contribution in [0.1, 0.15) is 149 Å². The summed E-state index contributed by atoms with van der Waals surface area (Å²) in [6, 6.07) is -0.165. The molecule has 0 saturated carbocycles. The summed E-state index contributed by atoms with van der Waals surface area (Å²) in [6.45, 7) is 8.76. The summed E-state index contributed by atoms with van der Waals surface area (Å²) in [7, 11) is 0. The zero-order valence-electron chi connectivity index (χ0n) is 22.9. The normalized spacial score (nSPS) is 13.9. The Morgan fingerprint density at radius 3 is 1.39 bits per heavy atom. The number of nitrogens with zero attached hydrogens (tertiary/aromatic N) is 1. The highest BCUT2D eigenvalue weighted by Crippen LogP contribution is 2.14. The topological polar surface area (TPSA) is 43.7 Å². The van der Waals surface area contributed by atoms with Gasteiger partial charge in [0.1, 0.15) is 0 Å². The Morgan fingerprint density at radius 2 is 0.970 bits per heavy atom. The van der Waals surface area contributed by atoms with Gasteiger partial charge in [-0.2, -0.15) is 0 Å². The summed E-state index contributed by atoms with van der Waals surface area (Å²) >= 11 is 0. The highest BCUT2D eigenvalue weighted by Gasteiger charge is 2.23. The molecule has 3 heteroatoms. The molecule has 0 aromatic carbocycles. The lowest BCUT2D eigenvalue weighted by molar-refractivity contribution is 0.0369. The lowest BCUT2D eigenvalue weighted by atomic mass is 10.0. The monoisotopic (exact) mass is 467 g/mol. The minimum absolute atomic E-state index is 0.0332. The second-order valence-corrected chi connectivity index (χ2v) is 10.2. The molecule has 0 aromatic heterocycles. The molecule has 2 atom stereocenters. The van der Waals surface area contributed by atoms with E-state index < -0.39 is 6.10 Å². The lowest BCUT2D eigenvalue weighted by Gasteiger charge is -2.33. The molecule has 198 valence electrons. The Hall–Kier alpha value is -0.380. The number of hydrogen-bond acceptors (Lipinski definition) is 3. The van der Waals surface area contributed by atoms with E-state index in [0.717, 1.165) is 32.4 Å². The van der Waals surface area contributed by atoms with Gasteiger partial charge in [0, 0.05) is 0 Å². The largest absolute Gasteiger partial charge is 0.395 e. The van der Waals surface area contributed by atoms with Gasteiger partial charge in [0.2, 0.25) is 0 Å². The van der Waals surface area contributed by atoms with Crippen molar-refractivity contribution in [1.29, 1.82) is 0 Å². The molecular weight excluding hydrogens is 406 g/mol. The highest BCUT2D eigenvalue weighted by atomic mass is 16.3. The van der Waals surface area contributed by atoms with Gasteiger partial charge < -0.3 is 10.2 Å². The Balaban J connectivity index is 4.13. The van der Waals surface area contributed by atoms with Gasteiger partial charge in [-0.15, -0.1) is 0 Å². The van der Waals surface area contributed by atoms with Crippen molar-refractivity contribution < 1.29 is 10.2 Å². The van der Waals surface area contributed by atoms with Gasteiger partial charge in [-0.05, 0) is 38.8 Å². The van der Waals surface area contributed by atoms with Crippen molar-refractivity contribution in [3.63, 3.8) is 0 Å². The number of unbranched alkanes of at least 4 members (excludes halogenated alkanes) is 17. The van der Waals surface area contributed by atoms with Crippen LogP contribution < -0.4 is 0 Å². The van der Waals surface area contributed by atoms with E-state index in [2.05, 4.69) is 31.7 Å². The Bertz CT molecular complexity index is 387. The molecule has 0 saturated heterocycles. The molecule has 0 rings (SSSR count). The maximum atomic E-state index is 10.8. The van der Waals surface area contributed by atoms with E-state index in [-0.39, 0.29) is 12.6 Å². The summed E-state index contributed by atoms with van der Waals surface area (Å²) in [4.78, 5) is 2.35. The summed E-state index contributed by atoms with van der Waals surface area (Å²) in [5.41, 5.74) is 0. The van der Waals surface area contributed by atoms with Crippen LogP contribution in [0.25, 0.3) is 0 Å². The molecule has 0 aliphatic rings. The molecule has 0 aliphatic carbocycles. The number of aliphatic hydroxyl groups is 2. The predicted molar refractivity (Wildman–Crippen MR) is 147 cm³/mol. The van der Waals surface area contributed by atoms with E-state index in [9.17, 15) is 10.2 Å². The van der Waals surface area contributed by atoms with Crippen molar-refractivity contribution in [2.24, 2.45) is 0 Å². The maximum Gasteiger partial charge on any atom is 0.0898 e. The molecule has 2 N–H and O–H groups in total. The summed E-state index contributed by atoms with van der Waals surface area (Å²) in [5, 5.41) is 20.8. The molecule has 33 heavy (non-hydrogen) atoms. The molecule has 0 aliphatic heterocycles. The Morgan fingerprint density at radius 1 is 0.576 bits per heavy atom. The van der Waals surface area contributed by atoms with E-state index in [1.54, 1.807) is 0 Å². The first-order valence-electron chi connectivity index (χ1n) is 14.9. The smallest absolute Gasteiger partial charge is 0.0898 e. The van der Waals surface area contributed by atoms with Gasteiger partial charge in [-0.1, -0.05) is 136 Å². The third-order valence-electron chi connectivity index (χ3n) is 6.96. The summed E-state index contributed by atoms with van der Waals surface area (Å²) in [5.74, 6) is 0. The zero-order valence-corrected chi connectivity index (χ0v) is 22.9. The molecule has 0 aromatic rings. The van der Waals surface area contributed by atoms with Crippen LogP contribution in [-0.2, 0) is 0 Å². The van der Waals surface area contributed by atoms with Crippen molar-refractivity contribution >= 4 is 0 Å². The fourth-order valence-corrected chi connectivity index (χ4v) is 4.66. The van der Waals surface area contributed by atoms with Crippen molar-refractivity contribution in [1.82, 2.24) is 4.90 Å². The minimum Gasteiger partial charge on any atom is -0.395 e. The predicted octanol–water partition coefficient (Wildman–Crippen LogP) is 8.43. The second-order valence-electron chi connectivity index (χ2n) is 10.2. The highest BCUT2D eigenvalue weighted by molar-refractivity contribution is 4.96. The van der Waals surface area contributed by atoms with Crippen LogP contribution in [0.2, 0.25) is 0 Å². The fraction of sp³-hybridized carbons (Fsp3) is 0.933. The number of aliphatic hydroxyl groups excluding tert-OH is 2. The molecule has 0 unspecified atom stereocenters. The van der Waals surface area contributed by atoms with Crippen LogP contribution in [0, 0.1) is 0 Å². The first-order chi connectivity index (χ1) is 16.2. The van der Waals surface area contributed by atoms with Gasteiger partial charge in [0.25, 0.3) is 0 Å². The SMILES string of the molecule is CCCCCCCCCCCCC/C=C/[C@@H](O)[C@H](CO)N(CCCCCC)CCCCCC. The van der Waals surface area contributed by atoms with Crippen LogP contribution in [0.3, 0.4) is 0 Å². The number of hydrogen-bond donors (Lipinski definition) is 2. The fourth-order valence-electron chi connectivity index (χ4n) is 4.66. The quantitative estimate of drug-likeness (QED) is 0.0990. The van der Waals surface area contributed by atoms with Gasteiger partial charge in [-0.25, -0.2) is 0 Å². The van der Waals surface area contributed by atoms with Crippen molar-refractivity contribution in [3.8, 4) is 0 Å². The number of rotatable bonds is 26. The zero-order chi connectivity index (χ0) is 24.4. The third-order valence-corrected chi connectivity index (χ3v) is 6.96. The molecular formula is C30H61NO2. The van der Waals surface area contributed by atoms with Crippen LogP contribution in [0.4, 0.5) is 0 Å². The first kappa shape index (κ1) is 32.6. The molecule has 0 spiro atoms. The number of allylic oxidation sites excluding steroid dienone is 1. The van der Waals surface area contributed by atoms with Crippen molar-refractivity contribution in [3.05, 3.63) is 12.2 Å². The van der Waals surface area contributed by atoms with E-state index in [0.29, 0.717) is 0 Å². The molecule has 0 heterocycles. The van der Waals surface area contributed by atoms with Gasteiger partial charge in [0.05, 0.1) is 18.8 Å². The molecule has 0 fully saturated rings. The molecule has 0 radical (unpaired) electrons. The molecule has 3 nitrogen and oxygen atoms in total. The summed E-state index contributed by atoms with van der Waals surface area (Å²) in [6.07, 6.45) is 29.4. The standard InChI is InChI=1S/C30H61NO2/c1-4-7-10-13-14-15-16-17-18-19-20-21-22-25-30(33)29(28-32)31(26-23-11-8-5-2)27-24-12-9-6-3/h22,25,29-30,32-33H,4-21,23-24,26-28H2,1-3H3/b25-22+/t29-,30+/m0/s1. The first-order valence-corrected chi connectivity index (χ1v) is 14.9. The van der Waals surface area contributed by atoms with E-state index >= 15 is 0 Å². The average molecular weight is 468 g/mol.